The van der Waals surface area contributed by atoms with Crippen molar-refractivity contribution in [2.24, 2.45) is 0 Å². The first-order valence-electron chi connectivity index (χ1n) is 6.54. The number of aromatic nitrogens is 1. The highest BCUT2D eigenvalue weighted by Crippen LogP contribution is 2.22. The SMILES string of the molecule is Nc1cc(NC2CCN(Cc3ccccc3)C2)sn1. The van der Waals surface area contributed by atoms with Crippen molar-refractivity contribution < 1.29 is 0 Å². The molecule has 0 radical (unpaired) electrons. The summed E-state index contributed by atoms with van der Waals surface area (Å²) in [5.74, 6) is 0.603. The topological polar surface area (TPSA) is 54.2 Å². The van der Waals surface area contributed by atoms with E-state index in [0.29, 0.717) is 11.9 Å². The molecule has 1 aliphatic heterocycles. The van der Waals surface area contributed by atoms with E-state index in [1.165, 1.54) is 23.5 Å². The van der Waals surface area contributed by atoms with E-state index in [0.717, 1.165) is 24.6 Å². The van der Waals surface area contributed by atoms with Gasteiger partial charge in [-0.1, -0.05) is 30.3 Å². The average Bonchev–Trinajstić information content (AvgIpc) is 3.01. The zero-order valence-electron chi connectivity index (χ0n) is 10.7. The standard InChI is InChI=1S/C14H18N4S/c15-13-8-14(19-17-13)16-12-6-7-18(10-12)9-11-4-2-1-3-5-11/h1-5,8,12,16H,6-7,9-10H2,(H2,15,17). The molecule has 2 heterocycles. The zero-order valence-corrected chi connectivity index (χ0v) is 11.6. The molecular formula is C14H18N4S. The second-order valence-electron chi connectivity index (χ2n) is 4.97. The predicted octanol–water partition coefficient (Wildman–Crippen LogP) is 2.41. The van der Waals surface area contributed by atoms with Gasteiger partial charge in [-0.2, -0.15) is 4.37 Å². The van der Waals surface area contributed by atoms with Gasteiger partial charge in [0.1, 0.15) is 10.8 Å². The maximum absolute atomic E-state index is 5.63. The van der Waals surface area contributed by atoms with E-state index in [2.05, 4.69) is 44.9 Å². The van der Waals surface area contributed by atoms with Crippen LogP contribution < -0.4 is 11.1 Å². The molecule has 1 aliphatic rings. The number of nitrogens with zero attached hydrogens (tertiary/aromatic N) is 2. The third-order valence-electron chi connectivity index (χ3n) is 3.40. The van der Waals surface area contributed by atoms with Gasteiger partial charge < -0.3 is 11.1 Å². The third-order valence-corrected chi connectivity index (χ3v) is 4.13. The number of hydrogen-bond donors (Lipinski definition) is 2. The molecule has 1 saturated heterocycles. The van der Waals surface area contributed by atoms with Gasteiger partial charge in [0, 0.05) is 31.7 Å². The number of nitrogens with one attached hydrogen (secondary N) is 1. The van der Waals surface area contributed by atoms with Crippen molar-refractivity contribution in [2.45, 2.75) is 19.0 Å². The molecule has 4 nitrogen and oxygen atoms in total. The number of anilines is 2. The van der Waals surface area contributed by atoms with Gasteiger partial charge >= 0.3 is 0 Å². The molecule has 3 rings (SSSR count). The third kappa shape index (κ3) is 3.24. The van der Waals surface area contributed by atoms with Crippen molar-refractivity contribution in [1.29, 1.82) is 0 Å². The van der Waals surface area contributed by atoms with Crippen LogP contribution in [-0.2, 0) is 6.54 Å². The molecule has 1 atom stereocenters. The van der Waals surface area contributed by atoms with Crippen LogP contribution in [0.3, 0.4) is 0 Å². The summed E-state index contributed by atoms with van der Waals surface area (Å²) in [6, 6.07) is 13.0. The summed E-state index contributed by atoms with van der Waals surface area (Å²) in [6.07, 6.45) is 1.17. The highest BCUT2D eigenvalue weighted by molar-refractivity contribution is 7.10. The summed E-state index contributed by atoms with van der Waals surface area (Å²) < 4.78 is 4.09. The molecule has 100 valence electrons. The fourth-order valence-electron chi connectivity index (χ4n) is 2.49. The van der Waals surface area contributed by atoms with Crippen molar-refractivity contribution in [1.82, 2.24) is 9.27 Å². The molecule has 19 heavy (non-hydrogen) atoms. The zero-order chi connectivity index (χ0) is 13.1. The van der Waals surface area contributed by atoms with Crippen molar-refractivity contribution in [3.8, 4) is 0 Å². The lowest BCUT2D eigenvalue weighted by Gasteiger charge is -2.16. The maximum Gasteiger partial charge on any atom is 0.139 e. The van der Waals surface area contributed by atoms with Crippen molar-refractivity contribution >= 4 is 22.4 Å². The molecule has 1 fully saturated rings. The van der Waals surface area contributed by atoms with E-state index in [1.54, 1.807) is 0 Å². The van der Waals surface area contributed by atoms with E-state index in [1.807, 2.05) is 6.07 Å². The minimum Gasteiger partial charge on any atom is -0.383 e. The lowest BCUT2D eigenvalue weighted by molar-refractivity contribution is 0.329. The highest BCUT2D eigenvalue weighted by Gasteiger charge is 2.22. The minimum atomic E-state index is 0.503. The summed E-state index contributed by atoms with van der Waals surface area (Å²) in [5.41, 5.74) is 7.01. The smallest absolute Gasteiger partial charge is 0.139 e. The molecule has 1 unspecified atom stereocenters. The lowest BCUT2D eigenvalue weighted by atomic mass is 10.2. The first-order chi connectivity index (χ1) is 9.29. The molecule has 0 aliphatic carbocycles. The summed E-state index contributed by atoms with van der Waals surface area (Å²) >= 11 is 1.44. The number of nitrogen functional groups attached to an aromatic ring is 1. The summed E-state index contributed by atoms with van der Waals surface area (Å²) in [5, 5.41) is 4.58. The number of likely N-dealkylation sites (tertiary alicyclic amines) is 1. The van der Waals surface area contributed by atoms with Crippen LogP contribution in [0.25, 0.3) is 0 Å². The first-order valence-corrected chi connectivity index (χ1v) is 7.32. The van der Waals surface area contributed by atoms with Gasteiger partial charge in [0.25, 0.3) is 0 Å². The molecule has 1 aromatic carbocycles. The fraction of sp³-hybridized carbons (Fsp3) is 0.357. The van der Waals surface area contributed by atoms with Gasteiger partial charge in [-0.25, -0.2) is 0 Å². The lowest BCUT2D eigenvalue weighted by Crippen LogP contribution is -2.25. The van der Waals surface area contributed by atoms with Crippen LogP contribution in [0.15, 0.2) is 36.4 Å². The Morgan fingerprint density at radius 2 is 2.21 bits per heavy atom. The molecule has 0 bridgehead atoms. The Morgan fingerprint density at radius 3 is 2.95 bits per heavy atom. The largest absolute Gasteiger partial charge is 0.383 e. The van der Waals surface area contributed by atoms with Gasteiger partial charge in [-0.05, 0) is 23.5 Å². The van der Waals surface area contributed by atoms with Crippen LogP contribution in [0.4, 0.5) is 10.8 Å². The van der Waals surface area contributed by atoms with Gasteiger partial charge in [0.2, 0.25) is 0 Å². The molecule has 0 amide bonds. The molecular weight excluding hydrogens is 256 g/mol. The average molecular weight is 274 g/mol. The number of nitrogens with two attached hydrogens (primary N) is 1. The highest BCUT2D eigenvalue weighted by atomic mass is 32.1. The Balaban J connectivity index is 1.53. The Kier molecular flexibility index (Phi) is 3.66. The quantitative estimate of drug-likeness (QED) is 0.899. The van der Waals surface area contributed by atoms with Gasteiger partial charge in [0.15, 0.2) is 0 Å². The summed E-state index contributed by atoms with van der Waals surface area (Å²) in [4.78, 5) is 2.48. The van der Waals surface area contributed by atoms with E-state index >= 15 is 0 Å². The van der Waals surface area contributed by atoms with Crippen LogP contribution in [-0.4, -0.2) is 28.4 Å². The Morgan fingerprint density at radius 1 is 1.37 bits per heavy atom. The number of benzene rings is 1. The van der Waals surface area contributed by atoms with Crippen molar-refractivity contribution in [3.05, 3.63) is 42.0 Å². The van der Waals surface area contributed by atoms with Crippen LogP contribution in [0.1, 0.15) is 12.0 Å². The molecule has 5 heteroatoms. The molecule has 0 saturated carbocycles. The second kappa shape index (κ2) is 5.59. The molecule has 0 spiro atoms. The first kappa shape index (κ1) is 12.4. The summed E-state index contributed by atoms with van der Waals surface area (Å²) in [6.45, 7) is 3.25. The predicted molar refractivity (Wildman–Crippen MR) is 80.3 cm³/mol. The van der Waals surface area contributed by atoms with Crippen LogP contribution in [0.2, 0.25) is 0 Å². The molecule has 2 aromatic rings. The Hall–Kier alpha value is -1.59. The minimum absolute atomic E-state index is 0.503. The van der Waals surface area contributed by atoms with Crippen molar-refractivity contribution in [2.75, 3.05) is 24.1 Å². The monoisotopic (exact) mass is 274 g/mol. The van der Waals surface area contributed by atoms with E-state index in [-0.39, 0.29) is 0 Å². The number of hydrogen-bond acceptors (Lipinski definition) is 5. The second-order valence-corrected chi connectivity index (χ2v) is 5.77. The van der Waals surface area contributed by atoms with E-state index in [4.69, 9.17) is 5.73 Å². The maximum atomic E-state index is 5.63. The van der Waals surface area contributed by atoms with Gasteiger partial charge in [-0.3, -0.25) is 4.90 Å². The van der Waals surface area contributed by atoms with Gasteiger partial charge in [0.05, 0.1) is 0 Å². The normalized spacial score (nSPS) is 19.7. The fourth-order valence-corrected chi connectivity index (χ4v) is 3.14. The molecule has 1 aromatic heterocycles. The Bertz CT molecular complexity index is 525. The molecule has 3 N–H and O–H groups in total. The van der Waals surface area contributed by atoms with Crippen LogP contribution in [0.5, 0.6) is 0 Å². The van der Waals surface area contributed by atoms with E-state index in [9.17, 15) is 0 Å². The summed E-state index contributed by atoms with van der Waals surface area (Å²) in [7, 11) is 0. The van der Waals surface area contributed by atoms with Gasteiger partial charge in [-0.15, -0.1) is 0 Å². The van der Waals surface area contributed by atoms with Crippen molar-refractivity contribution in [3.63, 3.8) is 0 Å². The van der Waals surface area contributed by atoms with Crippen LogP contribution >= 0.6 is 11.5 Å². The Labute approximate surface area is 117 Å². The van der Waals surface area contributed by atoms with Crippen LogP contribution in [0, 0.1) is 0 Å². The number of rotatable bonds is 4. The van der Waals surface area contributed by atoms with E-state index < -0.39 is 0 Å².